The summed E-state index contributed by atoms with van der Waals surface area (Å²) >= 11 is 5.84. The Morgan fingerprint density at radius 1 is 1.47 bits per heavy atom. The van der Waals surface area contributed by atoms with Crippen molar-refractivity contribution in [3.8, 4) is 5.69 Å². The Morgan fingerprint density at radius 3 is 3.06 bits per heavy atom. The summed E-state index contributed by atoms with van der Waals surface area (Å²) in [5.74, 6) is -0.318. The predicted octanol–water partition coefficient (Wildman–Crippen LogP) is 2.77. The van der Waals surface area contributed by atoms with Gasteiger partial charge in [0.1, 0.15) is 5.82 Å². The Labute approximate surface area is 104 Å². The second-order valence-corrected chi connectivity index (χ2v) is 4.08. The van der Waals surface area contributed by atoms with E-state index in [0.717, 1.165) is 12.2 Å². The van der Waals surface area contributed by atoms with Crippen LogP contribution in [0.15, 0.2) is 30.7 Å². The van der Waals surface area contributed by atoms with Gasteiger partial charge in [-0.2, -0.15) is 0 Å². The van der Waals surface area contributed by atoms with Crippen molar-refractivity contribution in [2.75, 3.05) is 6.54 Å². The summed E-state index contributed by atoms with van der Waals surface area (Å²) < 4.78 is 15.2. The minimum Gasteiger partial charge on any atom is -0.311 e. The van der Waals surface area contributed by atoms with E-state index in [1.54, 1.807) is 23.2 Å². The summed E-state index contributed by atoms with van der Waals surface area (Å²) in [6.07, 6.45) is 3.37. The first-order chi connectivity index (χ1) is 8.20. The highest BCUT2D eigenvalue weighted by atomic mass is 35.5. The smallest absolute Gasteiger partial charge is 0.147 e. The van der Waals surface area contributed by atoms with Crippen molar-refractivity contribution < 1.29 is 4.39 Å². The highest BCUT2D eigenvalue weighted by Crippen LogP contribution is 2.18. The molecule has 1 aromatic heterocycles. The Kier molecular flexibility index (Phi) is 3.76. The molecule has 0 saturated heterocycles. The van der Waals surface area contributed by atoms with Gasteiger partial charge in [-0.3, -0.25) is 0 Å². The molecule has 0 aliphatic rings. The molecule has 0 atom stereocenters. The molecule has 3 nitrogen and oxygen atoms in total. The first kappa shape index (κ1) is 12.1. The zero-order valence-corrected chi connectivity index (χ0v) is 10.2. The zero-order chi connectivity index (χ0) is 12.3. The molecule has 0 aliphatic carbocycles. The van der Waals surface area contributed by atoms with Gasteiger partial charge in [-0.25, -0.2) is 9.37 Å². The Morgan fingerprint density at radius 2 is 2.29 bits per heavy atom. The molecular weight excluding hydrogens is 241 g/mol. The fourth-order valence-electron chi connectivity index (χ4n) is 1.52. The number of nitrogens with zero attached hydrogens (tertiary/aromatic N) is 2. The van der Waals surface area contributed by atoms with Crippen LogP contribution < -0.4 is 5.32 Å². The van der Waals surface area contributed by atoms with Crippen molar-refractivity contribution in [3.63, 3.8) is 0 Å². The number of imidazole rings is 1. The number of rotatable bonds is 4. The van der Waals surface area contributed by atoms with Crippen LogP contribution in [0.4, 0.5) is 4.39 Å². The lowest BCUT2D eigenvalue weighted by atomic mass is 10.3. The maximum atomic E-state index is 13.6. The minimum absolute atomic E-state index is 0.318. The van der Waals surface area contributed by atoms with Crippen LogP contribution in [-0.4, -0.2) is 16.1 Å². The summed E-state index contributed by atoms with van der Waals surface area (Å²) in [6, 6.07) is 4.45. The molecule has 0 fully saturated rings. The number of hydrogen-bond acceptors (Lipinski definition) is 2. The Bertz CT molecular complexity index is 510. The average Bonchev–Trinajstić information content (AvgIpc) is 2.78. The third-order valence-corrected chi connectivity index (χ3v) is 2.61. The lowest BCUT2D eigenvalue weighted by Gasteiger charge is -2.03. The largest absolute Gasteiger partial charge is 0.311 e. The van der Waals surface area contributed by atoms with E-state index in [2.05, 4.69) is 10.3 Å². The highest BCUT2D eigenvalue weighted by Gasteiger charge is 2.06. The number of hydrogen-bond donors (Lipinski definition) is 1. The van der Waals surface area contributed by atoms with E-state index >= 15 is 0 Å². The van der Waals surface area contributed by atoms with E-state index in [0.29, 0.717) is 17.3 Å². The van der Waals surface area contributed by atoms with Gasteiger partial charge in [0.05, 0.1) is 17.7 Å². The quantitative estimate of drug-likeness (QED) is 0.908. The Hall–Kier alpha value is -1.39. The molecule has 0 bridgehead atoms. The van der Waals surface area contributed by atoms with Crippen molar-refractivity contribution in [2.24, 2.45) is 0 Å². The number of aromatic nitrogens is 2. The number of halogens is 2. The van der Waals surface area contributed by atoms with Gasteiger partial charge >= 0.3 is 0 Å². The highest BCUT2D eigenvalue weighted by molar-refractivity contribution is 6.30. The van der Waals surface area contributed by atoms with E-state index in [1.165, 1.54) is 12.1 Å². The number of nitrogens with one attached hydrogen (secondary N) is 1. The van der Waals surface area contributed by atoms with Crippen LogP contribution in [0, 0.1) is 5.82 Å². The van der Waals surface area contributed by atoms with Crippen molar-refractivity contribution in [3.05, 3.63) is 47.3 Å². The van der Waals surface area contributed by atoms with Crippen LogP contribution in [0.1, 0.15) is 12.6 Å². The van der Waals surface area contributed by atoms with Gasteiger partial charge in [0.2, 0.25) is 0 Å². The van der Waals surface area contributed by atoms with Gasteiger partial charge in [0, 0.05) is 17.8 Å². The molecule has 1 N–H and O–H groups in total. The summed E-state index contributed by atoms with van der Waals surface area (Å²) in [4.78, 5) is 4.19. The fraction of sp³-hybridized carbons (Fsp3) is 0.250. The minimum atomic E-state index is -0.318. The molecule has 17 heavy (non-hydrogen) atoms. The molecule has 0 aliphatic heterocycles. The van der Waals surface area contributed by atoms with Crippen molar-refractivity contribution >= 4 is 11.6 Å². The fourth-order valence-corrected chi connectivity index (χ4v) is 1.69. The van der Waals surface area contributed by atoms with Crippen LogP contribution in [0.2, 0.25) is 5.02 Å². The van der Waals surface area contributed by atoms with E-state index in [-0.39, 0.29) is 5.82 Å². The molecular formula is C12H13ClFN3. The third kappa shape index (κ3) is 2.84. The van der Waals surface area contributed by atoms with Gasteiger partial charge in [-0.1, -0.05) is 18.5 Å². The van der Waals surface area contributed by atoms with Crippen LogP contribution in [-0.2, 0) is 6.54 Å². The second-order valence-electron chi connectivity index (χ2n) is 3.65. The molecule has 90 valence electrons. The summed E-state index contributed by atoms with van der Waals surface area (Å²) in [5.41, 5.74) is 1.28. The van der Waals surface area contributed by atoms with Crippen LogP contribution in [0.25, 0.3) is 5.69 Å². The monoisotopic (exact) mass is 253 g/mol. The van der Waals surface area contributed by atoms with Crippen LogP contribution in [0.3, 0.4) is 0 Å². The SMILES string of the molecule is CCNCc1cn(-c2cc(Cl)ccc2F)cn1. The lowest BCUT2D eigenvalue weighted by Crippen LogP contribution is -2.11. The average molecular weight is 254 g/mol. The van der Waals surface area contributed by atoms with Gasteiger partial charge in [-0.15, -0.1) is 0 Å². The summed E-state index contributed by atoms with van der Waals surface area (Å²) in [5, 5.41) is 3.66. The van der Waals surface area contributed by atoms with Crippen molar-refractivity contribution in [2.45, 2.75) is 13.5 Å². The molecule has 0 saturated carbocycles. The zero-order valence-electron chi connectivity index (χ0n) is 9.45. The second kappa shape index (κ2) is 5.29. The van der Waals surface area contributed by atoms with Gasteiger partial charge in [0.15, 0.2) is 0 Å². The topological polar surface area (TPSA) is 29.9 Å². The van der Waals surface area contributed by atoms with E-state index < -0.39 is 0 Å². The maximum Gasteiger partial charge on any atom is 0.147 e. The van der Waals surface area contributed by atoms with E-state index in [1.807, 2.05) is 6.92 Å². The molecule has 2 rings (SSSR count). The molecule has 2 aromatic rings. The van der Waals surface area contributed by atoms with E-state index in [9.17, 15) is 4.39 Å². The summed E-state index contributed by atoms with van der Waals surface area (Å²) in [6.45, 7) is 3.57. The Balaban J connectivity index is 2.27. The van der Waals surface area contributed by atoms with Gasteiger partial charge < -0.3 is 9.88 Å². The maximum absolute atomic E-state index is 13.6. The van der Waals surface area contributed by atoms with Gasteiger partial charge in [0.25, 0.3) is 0 Å². The van der Waals surface area contributed by atoms with Gasteiger partial charge in [-0.05, 0) is 24.7 Å². The predicted molar refractivity (Wildman–Crippen MR) is 65.9 cm³/mol. The normalized spacial score (nSPS) is 10.8. The molecule has 1 heterocycles. The molecule has 0 spiro atoms. The molecule has 0 unspecified atom stereocenters. The first-order valence-corrected chi connectivity index (χ1v) is 5.77. The number of benzene rings is 1. The standard InChI is InChI=1S/C12H13ClFN3/c1-2-15-6-10-7-17(8-16-10)12-5-9(13)3-4-11(12)14/h3-5,7-8,15H,2,6H2,1H3. The molecule has 1 aromatic carbocycles. The van der Waals surface area contributed by atoms with Crippen molar-refractivity contribution in [1.29, 1.82) is 0 Å². The lowest BCUT2D eigenvalue weighted by molar-refractivity contribution is 0.618. The third-order valence-electron chi connectivity index (χ3n) is 2.38. The van der Waals surface area contributed by atoms with Crippen LogP contribution >= 0.6 is 11.6 Å². The van der Waals surface area contributed by atoms with Crippen molar-refractivity contribution in [1.82, 2.24) is 14.9 Å². The van der Waals surface area contributed by atoms with E-state index in [4.69, 9.17) is 11.6 Å². The molecule has 0 radical (unpaired) electrons. The first-order valence-electron chi connectivity index (χ1n) is 5.39. The van der Waals surface area contributed by atoms with Crippen LogP contribution in [0.5, 0.6) is 0 Å². The summed E-state index contributed by atoms with van der Waals surface area (Å²) in [7, 11) is 0. The molecule has 5 heteroatoms. The molecule has 0 amide bonds.